The first-order chi connectivity index (χ1) is 12.9. The highest BCUT2D eigenvalue weighted by atomic mass is 79.9. The van der Waals surface area contributed by atoms with Gasteiger partial charge in [-0.3, -0.25) is 9.89 Å². The van der Waals surface area contributed by atoms with Crippen LogP contribution in [-0.2, 0) is 22.8 Å². The van der Waals surface area contributed by atoms with E-state index in [1.165, 1.54) is 10.8 Å². The molecule has 3 heterocycles. The lowest BCUT2D eigenvalue weighted by Crippen LogP contribution is -2.23. The highest BCUT2D eigenvalue weighted by Crippen LogP contribution is 2.32. The molecule has 1 N–H and O–H groups in total. The van der Waals surface area contributed by atoms with E-state index in [2.05, 4.69) is 26.1 Å². The summed E-state index contributed by atoms with van der Waals surface area (Å²) in [5, 5.41) is 7.13. The molecule has 9 heteroatoms. The molecule has 0 aliphatic heterocycles. The van der Waals surface area contributed by atoms with Gasteiger partial charge in [-0.1, -0.05) is 30.3 Å². The minimum absolute atomic E-state index is 0.110. The standard InChI is InChI=1S/C18H15BrN4O3S/c1-22-10-15(19)14-7-16(13-8-20-21-9-13)23(17(14)18(22)24)27(25,26)11-12-5-3-2-4-6-12/h2-10H,11H2,1H3,(H,20,21). The number of nitrogens with one attached hydrogen (secondary N) is 1. The van der Waals surface area contributed by atoms with Crippen molar-refractivity contribution in [3.05, 3.63) is 75.4 Å². The maximum atomic E-state index is 13.3. The van der Waals surface area contributed by atoms with E-state index >= 15 is 0 Å². The summed E-state index contributed by atoms with van der Waals surface area (Å²) >= 11 is 3.43. The lowest BCUT2D eigenvalue weighted by Gasteiger charge is -2.11. The first kappa shape index (κ1) is 17.7. The van der Waals surface area contributed by atoms with Crippen molar-refractivity contribution < 1.29 is 8.42 Å². The molecule has 7 nitrogen and oxygen atoms in total. The Kier molecular flexibility index (Phi) is 4.27. The third-order valence-electron chi connectivity index (χ3n) is 4.31. The van der Waals surface area contributed by atoms with Crippen molar-refractivity contribution in [2.45, 2.75) is 5.75 Å². The van der Waals surface area contributed by atoms with Crippen molar-refractivity contribution in [1.82, 2.24) is 18.7 Å². The number of fused-ring (bicyclic) bond motifs is 1. The number of halogens is 1. The molecule has 27 heavy (non-hydrogen) atoms. The fraction of sp³-hybridized carbons (Fsp3) is 0.111. The molecule has 0 unspecified atom stereocenters. The fourth-order valence-electron chi connectivity index (χ4n) is 3.07. The third-order valence-corrected chi connectivity index (χ3v) is 6.58. The van der Waals surface area contributed by atoms with Crippen molar-refractivity contribution in [3.63, 3.8) is 0 Å². The van der Waals surface area contributed by atoms with Crippen LogP contribution >= 0.6 is 15.9 Å². The molecule has 0 saturated heterocycles. The number of hydrogen-bond donors (Lipinski definition) is 1. The van der Waals surface area contributed by atoms with Crippen molar-refractivity contribution >= 4 is 36.9 Å². The predicted molar refractivity (Wildman–Crippen MR) is 107 cm³/mol. The minimum atomic E-state index is -3.87. The van der Waals surface area contributed by atoms with E-state index in [1.807, 2.05) is 6.07 Å². The molecule has 0 amide bonds. The van der Waals surface area contributed by atoms with E-state index in [0.717, 1.165) is 3.97 Å². The van der Waals surface area contributed by atoms with Crippen LogP contribution in [0.25, 0.3) is 22.2 Å². The number of nitrogens with zero attached hydrogens (tertiary/aromatic N) is 3. The molecule has 0 radical (unpaired) electrons. The van der Waals surface area contributed by atoms with Crippen LogP contribution in [0.3, 0.4) is 0 Å². The van der Waals surface area contributed by atoms with E-state index in [1.54, 1.807) is 49.8 Å². The lowest BCUT2D eigenvalue weighted by molar-refractivity contribution is 0.588. The molecule has 138 valence electrons. The first-order valence-corrected chi connectivity index (χ1v) is 10.5. The monoisotopic (exact) mass is 446 g/mol. The molecule has 0 spiro atoms. The highest BCUT2D eigenvalue weighted by molar-refractivity contribution is 9.10. The summed E-state index contributed by atoms with van der Waals surface area (Å²) in [6, 6.07) is 10.6. The second-order valence-electron chi connectivity index (χ2n) is 6.18. The number of hydrogen-bond acceptors (Lipinski definition) is 4. The highest BCUT2D eigenvalue weighted by Gasteiger charge is 2.26. The molecule has 0 aliphatic carbocycles. The van der Waals surface area contributed by atoms with Crippen molar-refractivity contribution in [2.75, 3.05) is 0 Å². The second-order valence-corrected chi connectivity index (χ2v) is 8.85. The Morgan fingerprint density at radius 1 is 1.22 bits per heavy atom. The molecule has 0 bridgehead atoms. The van der Waals surface area contributed by atoms with Gasteiger partial charge in [-0.15, -0.1) is 0 Å². The predicted octanol–water partition coefficient (Wildman–Crippen LogP) is 2.87. The minimum Gasteiger partial charge on any atom is -0.316 e. The molecule has 0 atom stereocenters. The van der Waals surface area contributed by atoms with E-state index < -0.39 is 10.0 Å². The van der Waals surface area contributed by atoms with Crippen molar-refractivity contribution in [1.29, 1.82) is 0 Å². The molecule has 4 rings (SSSR count). The Labute approximate surface area is 163 Å². The second kappa shape index (κ2) is 6.50. The smallest absolute Gasteiger partial charge is 0.275 e. The largest absolute Gasteiger partial charge is 0.316 e. The molecule has 0 aliphatic rings. The van der Waals surface area contributed by atoms with Crippen LogP contribution in [0.4, 0.5) is 0 Å². The SMILES string of the molecule is Cn1cc(Br)c2cc(-c3cn[nH]c3)n(S(=O)(=O)Cc3ccccc3)c2c1=O. The van der Waals surface area contributed by atoms with E-state index in [4.69, 9.17) is 0 Å². The first-order valence-electron chi connectivity index (χ1n) is 8.05. The van der Waals surface area contributed by atoms with Crippen molar-refractivity contribution in [2.24, 2.45) is 7.05 Å². The number of pyridine rings is 1. The van der Waals surface area contributed by atoms with Crippen LogP contribution in [0, 0.1) is 0 Å². The quantitative estimate of drug-likeness (QED) is 0.521. The number of rotatable bonds is 4. The van der Waals surface area contributed by atoms with E-state index in [0.29, 0.717) is 26.7 Å². The van der Waals surface area contributed by atoms with Gasteiger partial charge in [0.25, 0.3) is 5.56 Å². The zero-order valence-corrected chi connectivity index (χ0v) is 16.7. The van der Waals surface area contributed by atoms with Crippen LogP contribution in [0.5, 0.6) is 0 Å². The van der Waals surface area contributed by atoms with Gasteiger partial charge in [-0.2, -0.15) is 5.10 Å². The normalized spacial score (nSPS) is 11.9. The maximum absolute atomic E-state index is 13.3. The summed E-state index contributed by atoms with van der Waals surface area (Å²) in [5.74, 6) is -0.224. The van der Waals surface area contributed by atoms with Crippen LogP contribution in [0.15, 0.2) is 64.3 Å². The van der Waals surface area contributed by atoms with Crippen LogP contribution in [-0.4, -0.2) is 27.2 Å². The van der Waals surface area contributed by atoms with Crippen LogP contribution in [0.2, 0.25) is 0 Å². The van der Waals surface area contributed by atoms with Crippen LogP contribution in [0.1, 0.15) is 5.56 Å². The Bertz CT molecular complexity index is 1290. The number of H-pyrrole nitrogens is 1. The topological polar surface area (TPSA) is 89.8 Å². The Hall–Kier alpha value is -2.65. The number of benzene rings is 1. The van der Waals surface area contributed by atoms with E-state index in [9.17, 15) is 13.2 Å². The molecule has 0 saturated carbocycles. The Balaban J connectivity index is 2.06. The number of aromatic nitrogens is 4. The van der Waals surface area contributed by atoms with Gasteiger partial charge in [0, 0.05) is 34.9 Å². The molecule has 1 aromatic carbocycles. The summed E-state index contributed by atoms with van der Waals surface area (Å²) in [7, 11) is -2.28. The number of aromatic amines is 1. The third kappa shape index (κ3) is 3.02. The average molecular weight is 447 g/mol. The van der Waals surface area contributed by atoms with Gasteiger partial charge in [-0.25, -0.2) is 12.4 Å². The van der Waals surface area contributed by atoms with Gasteiger partial charge in [0.15, 0.2) is 0 Å². The molecule has 4 aromatic rings. The summed E-state index contributed by atoms with van der Waals surface area (Å²) in [5.41, 5.74) is 1.33. The van der Waals surface area contributed by atoms with E-state index in [-0.39, 0.29) is 16.8 Å². The van der Waals surface area contributed by atoms with Gasteiger partial charge in [0.05, 0.1) is 17.6 Å². The summed E-state index contributed by atoms with van der Waals surface area (Å²) in [6.45, 7) is 0. The summed E-state index contributed by atoms with van der Waals surface area (Å²) in [4.78, 5) is 12.8. The fourth-order valence-corrected chi connectivity index (χ4v) is 5.34. The maximum Gasteiger partial charge on any atom is 0.275 e. The molecule has 0 fully saturated rings. The van der Waals surface area contributed by atoms with Gasteiger partial charge >= 0.3 is 0 Å². The van der Waals surface area contributed by atoms with Gasteiger partial charge < -0.3 is 4.57 Å². The zero-order valence-electron chi connectivity index (χ0n) is 14.3. The van der Waals surface area contributed by atoms with Crippen LogP contribution < -0.4 is 5.56 Å². The Morgan fingerprint density at radius 3 is 2.63 bits per heavy atom. The summed E-state index contributed by atoms with van der Waals surface area (Å²) in [6.07, 6.45) is 4.75. The molecular weight excluding hydrogens is 432 g/mol. The molecular formula is C18H15BrN4O3S. The zero-order chi connectivity index (χ0) is 19.2. The van der Waals surface area contributed by atoms with Gasteiger partial charge in [-0.05, 0) is 27.6 Å². The lowest BCUT2D eigenvalue weighted by atomic mass is 10.2. The number of aryl methyl sites for hydroxylation is 1. The molecule has 3 aromatic heterocycles. The summed E-state index contributed by atoms with van der Waals surface area (Å²) < 4.78 is 29.8. The van der Waals surface area contributed by atoms with Crippen molar-refractivity contribution in [3.8, 4) is 11.3 Å². The average Bonchev–Trinajstić information content (AvgIpc) is 3.28. The van der Waals surface area contributed by atoms with Gasteiger partial charge in [0.2, 0.25) is 10.0 Å². The van der Waals surface area contributed by atoms with Gasteiger partial charge in [0.1, 0.15) is 5.52 Å². The Morgan fingerprint density at radius 2 is 1.96 bits per heavy atom.